The summed E-state index contributed by atoms with van der Waals surface area (Å²) in [5.74, 6) is -0.619. The average molecular weight is 486 g/mol. The first-order valence-corrected chi connectivity index (χ1v) is 9.95. The van der Waals surface area contributed by atoms with E-state index in [2.05, 4.69) is 21.0 Å². The first-order chi connectivity index (χ1) is 14.7. The fourth-order valence-corrected chi connectivity index (χ4v) is 3.43. The van der Waals surface area contributed by atoms with Crippen molar-refractivity contribution in [2.75, 3.05) is 0 Å². The van der Waals surface area contributed by atoms with Crippen LogP contribution in [0.4, 0.5) is 13.2 Å². The van der Waals surface area contributed by atoms with Crippen molar-refractivity contribution < 1.29 is 18.0 Å². The van der Waals surface area contributed by atoms with Gasteiger partial charge >= 0.3 is 6.18 Å². The minimum Gasteiger partial charge on any atom is -0.366 e. The minimum atomic E-state index is -4.59. The summed E-state index contributed by atoms with van der Waals surface area (Å²) in [7, 11) is 0. The summed E-state index contributed by atoms with van der Waals surface area (Å²) in [6.07, 6.45) is -4.59. The zero-order valence-corrected chi connectivity index (χ0v) is 17.5. The first-order valence-electron chi connectivity index (χ1n) is 9.16. The van der Waals surface area contributed by atoms with Gasteiger partial charge in [-0.3, -0.25) is 4.79 Å². The number of halogens is 4. The molecule has 0 aliphatic heterocycles. The van der Waals surface area contributed by atoms with Crippen molar-refractivity contribution in [2.24, 2.45) is 5.73 Å². The maximum absolute atomic E-state index is 13.4. The highest BCUT2D eigenvalue weighted by molar-refractivity contribution is 9.10. The molecule has 0 saturated heterocycles. The molecule has 0 aliphatic rings. The molecule has 0 bridgehead atoms. The van der Waals surface area contributed by atoms with Gasteiger partial charge in [-0.2, -0.15) is 18.3 Å². The Balaban J connectivity index is 1.77. The summed E-state index contributed by atoms with van der Waals surface area (Å²) < 4.78 is 42.2. The van der Waals surface area contributed by atoms with Crippen molar-refractivity contribution in [3.8, 4) is 28.1 Å². The Bertz CT molecular complexity index is 1230. The largest absolute Gasteiger partial charge is 0.435 e. The van der Waals surface area contributed by atoms with E-state index in [1.54, 1.807) is 12.1 Å². The van der Waals surface area contributed by atoms with Gasteiger partial charge in [0.1, 0.15) is 0 Å². The van der Waals surface area contributed by atoms with Crippen molar-refractivity contribution >= 4 is 21.8 Å². The molecular weight excluding hydrogens is 471 g/mol. The molecule has 0 radical (unpaired) electrons. The number of nitrogens with zero attached hydrogens (tertiary/aromatic N) is 2. The van der Waals surface area contributed by atoms with Crippen LogP contribution in [-0.4, -0.2) is 15.7 Å². The fourth-order valence-electron chi connectivity index (χ4n) is 3.16. The number of carbonyl (C=O) groups excluding carboxylic acids is 1. The molecule has 2 N–H and O–H groups in total. The smallest absolute Gasteiger partial charge is 0.366 e. The Morgan fingerprint density at radius 3 is 1.87 bits per heavy atom. The summed E-state index contributed by atoms with van der Waals surface area (Å²) >= 11 is 3.39. The van der Waals surface area contributed by atoms with Crippen molar-refractivity contribution in [1.82, 2.24) is 9.78 Å². The lowest BCUT2D eigenvalue weighted by Gasteiger charge is -2.09. The van der Waals surface area contributed by atoms with E-state index in [-0.39, 0.29) is 11.3 Å². The van der Waals surface area contributed by atoms with Crippen LogP contribution in [0.1, 0.15) is 16.1 Å². The van der Waals surface area contributed by atoms with E-state index in [1.165, 1.54) is 28.9 Å². The molecule has 8 heteroatoms. The second-order valence-corrected chi connectivity index (χ2v) is 7.74. The molecule has 4 nitrogen and oxygen atoms in total. The van der Waals surface area contributed by atoms with E-state index in [0.29, 0.717) is 11.3 Å². The zero-order chi connectivity index (χ0) is 22.2. The Morgan fingerprint density at radius 2 is 1.35 bits per heavy atom. The Kier molecular flexibility index (Phi) is 5.41. The van der Waals surface area contributed by atoms with Gasteiger partial charge in [-0.15, -0.1) is 0 Å². The third-order valence-corrected chi connectivity index (χ3v) is 5.28. The average Bonchev–Trinajstić information content (AvgIpc) is 3.21. The normalized spacial score (nSPS) is 11.5. The lowest BCUT2D eigenvalue weighted by Crippen LogP contribution is -2.11. The number of carbonyl (C=O) groups is 1. The van der Waals surface area contributed by atoms with Gasteiger partial charge in [0, 0.05) is 15.6 Å². The van der Waals surface area contributed by atoms with Crippen LogP contribution in [0.2, 0.25) is 0 Å². The number of hydrogen-bond donors (Lipinski definition) is 1. The van der Waals surface area contributed by atoms with Gasteiger partial charge in [-0.25, -0.2) is 4.68 Å². The van der Waals surface area contributed by atoms with E-state index in [1.807, 2.05) is 36.4 Å². The number of benzene rings is 3. The van der Waals surface area contributed by atoms with Crippen molar-refractivity contribution in [3.63, 3.8) is 0 Å². The monoisotopic (exact) mass is 485 g/mol. The van der Waals surface area contributed by atoms with E-state index in [9.17, 15) is 18.0 Å². The highest BCUT2D eigenvalue weighted by Crippen LogP contribution is 2.34. The predicted molar refractivity (Wildman–Crippen MR) is 116 cm³/mol. The molecular formula is C23H15BrF3N3O. The Labute approximate surface area is 184 Å². The van der Waals surface area contributed by atoms with Crippen molar-refractivity contribution in [1.29, 1.82) is 0 Å². The van der Waals surface area contributed by atoms with Crippen molar-refractivity contribution in [2.45, 2.75) is 6.18 Å². The number of alkyl halides is 3. The molecule has 156 valence electrons. The third kappa shape index (κ3) is 4.39. The Morgan fingerprint density at radius 1 is 0.839 bits per heavy atom. The van der Waals surface area contributed by atoms with Crippen molar-refractivity contribution in [3.05, 3.63) is 94.6 Å². The molecule has 3 aromatic carbocycles. The van der Waals surface area contributed by atoms with Crippen LogP contribution in [0.15, 0.2) is 83.3 Å². The maximum atomic E-state index is 13.4. The van der Waals surface area contributed by atoms with Crippen LogP contribution >= 0.6 is 15.9 Å². The topological polar surface area (TPSA) is 60.9 Å². The molecule has 0 fully saturated rings. The number of hydrogen-bond acceptors (Lipinski definition) is 2. The van der Waals surface area contributed by atoms with Gasteiger partial charge < -0.3 is 5.73 Å². The van der Waals surface area contributed by atoms with Gasteiger partial charge in [-0.1, -0.05) is 52.3 Å². The van der Waals surface area contributed by atoms with Crippen LogP contribution < -0.4 is 5.73 Å². The molecule has 4 rings (SSSR count). The lowest BCUT2D eigenvalue weighted by atomic mass is 10.0. The quantitative estimate of drug-likeness (QED) is 0.380. The van der Waals surface area contributed by atoms with Crippen LogP contribution in [0, 0.1) is 0 Å². The number of nitrogens with two attached hydrogens (primary N) is 1. The van der Waals surface area contributed by atoms with Gasteiger partial charge in [0.15, 0.2) is 5.69 Å². The molecule has 0 spiro atoms. The van der Waals surface area contributed by atoms with Crippen LogP contribution in [-0.2, 0) is 6.18 Å². The second kappa shape index (κ2) is 8.03. The molecule has 0 atom stereocenters. The number of primary amides is 1. The third-order valence-electron chi connectivity index (χ3n) is 4.75. The number of aromatic nitrogens is 2. The molecule has 0 saturated carbocycles. The second-order valence-electron chi connectivity index (χ2n) is 6.82. The molecule has 31 heavy (non-hydrogen) atoms. The fraction of sp³-hybridized carbons (Fsp3) is 0.0435. The predicted octanol–water partition coefficient (Wildman–Crippen LogP) is 6.09. The Hall–Kier alpha value is -3.39. The van der Waals surface area contributed by atoms with Gasteiger partial charge in [0.05, 0.1) is 11.4 Å². The standard InChI is InChI=1S/C23H15BrF3N3O/c24-18-9-5-15(6-10-18)14-1-3-16(4-2-14)20-13-21(23(25,26)27)29-30(20)19-11-7-17(8-12-19)22(28)31/h1-13H,(H2,28,31). The molecule has 1 amide bonds. The highest BCUT2D eigenvalue weighted by Gasteiger charge is 2.35. The highest BCUT2D eigenvalue weighted by atomic mass is 79.9. The van der Waals surface area contributed by atoms with E-state index in [0.717, 1.165) is 21.7 Å². The summed E-state index contributed by atoms with van der Waals surface area (Å²) in [6.45, 7) is 0. The summed E-state index contributed by atoms with van der Waals surface area (Å²) in [4.78, 5) is 11.3. The molecule has 0 aliphatic carbocycles. The maximum Gasteiger partial charge on any atom is 0.435 e. The van der Waals surface area contributed by atoms with Gasteiger partial charge in [0.25, 0.3) is 0 Å². The summed E-state index contributed by atoms with van der Waals surface area (Å²) in [5.41, 5.74) is 7.65. The van der Waals surface area contributed by atoms with Gasteiger partial charge in [-0.05, 0) is 53.6 Å². The van der Waals surface area contributed by atoms with Gasteiger partial charge in [0.2, 0.25) is 5.91 Å². The molecule has 0 unspecified atom stereocenters. The van der Waals surface area contributed by atoms with E-state index >= 15 is 0 Å². The number of amides is 1. The van der Waals surface area contributed by atoms with E-state index in [4.69, 9.17) is 5.73 Å². The van der Waals surface area contributed by atoms with E-state index < -0.39 is 17.8 Å². The molecule has 1 heterocycles. The SMILES string of the molecule is NC(=O)c1ccc(-n2nc(C(F)(F)F)cc2-c2ccc(-c3ccc(Br)cc3)cc2)cc1. The lowest BCUT2D eigenvalue weighted by molar-refractivity contribution is -0.141. The summed E-state index contributed by atoms with van der Waals surface area (Å²) in [6, 6.07) is 21.9. The molecule has 4 aromatic rings. The summed E-state index contributed by atoms with van der Waals surface area (Å²) in [5, 5.41) is 3.76. The van der Waals surface area contributed by atoms with Crippen LogP contribution in [0.25, 0.3) is 28.1 Å². The first kappa shape index (κ1) is 20.9. The molecule has 1 aromatic heterocycles. The number of rotatable bonds is 4. The van der Waals surface area contributed by atoms with Crippen LogP contribution in [0.3, 0.4) is 0 Å². The van der Waals surface area contributed by atoms with Crippen LogP contribution in [0.5, 0.6) is 0 Å². The minimum absolute atomic E-state index is 0.257. The zero-order valence-electron chi connectivity index (χ0n) is 15.9.